The number of rotatable bonds is 3. The van der Waals surface area contributed by atoms with Crippen molar-refractivity contribution in [3.8, 4) is 0 Å². The SMILES string of the molecule is CC(C)(C)[C@@H](NC(N)=O)C(=O)N1CCO[C@H](c2ccco2)C1. The number of nitrogens with zero attached hydrogens (tertiary/aromatic N) is 1. The molecule has 1 aromatic rings. The summed E-state index contributed by atoms with van der Waals surface area (Å²) in [6, 6.07) is 2.22. The Morgan fingerprint density at radius 3 is 2.73 bits per heavy atom. The van der Waals surface area contributed by atoms with E-state index in [1.807, 2.05) is 26.8 Å². The van der Waals surface area contributed by atoms with Crippen molar-refractivity contribution in [3.63, 3.8) is 0 Å². The maximum Gasteiger partial charge on any atom is 0.312 e. The Hall–Kier alpha value is -2.02. The smallest absolute Gasteiger partial charge is 0.312 e. The summed E-state index contributed by atoms with van der Waals surface area (Å²) in [5.74, 6) is 0.527. The monoisotopic (exact) mass is 309 g/mol. The van der Waals surface area contributed by atoms with Gasteiger partial charge in [-0.2, -0.15) is 0 Å². The molecule has 3 amide bonds. The molecule has 2 heterocycles. The molecular weight excluding hydrogens is 286 g/mol. The van der Waals surface area contributed by atoms with Crippen molar-refractivity contribution in [2.24, 2.45) is 11.1 Å². The molecular formula is C15H23N3O4. The van der Waals surface area contributed by atoms with E-state index >= 15 is 0 Å². The Morgan fingerprint density at radius 1 is 1.45 bits per heavy atom. The van der Waals surface area contributed by atoms with Crippen LogP contribution in [0.15, 0.2) is 22.8 Å². The molecule has 1 fully saturated rings. The van der Waals surface area contributed by atoms with E-state index < -0.39 is 17.5 Å². The van der Waals surface area contributed by atoms with Crippen LogP contribution >= 0.6 is 0 Å². The minimum atomic E-state index is -0.705. The summed E-state index contributed by atoms with van der Waals surface area (Å²) in [5, 5.41) is 2.55. The van der Waals surface area contributed by atoms with Crippen molar-refractivity contribution in [1.82, 2.24) is 10.2 Å². The number of hydrogen-bond donors (Lipinski definition) is 2. The molecule has 0 radical (unpaired) electrons. The molecule has 2 atom stereocenters. The number of amides is 3. The number of urea groups is 1. The second-order valence-electron chi connectivity index (χ2n) is 6.47. The molecule has 1 saturated heterocycles. The van der Waals surface area contributed by atoms with Crippen molar-refractivity contribution in [3.05, 3.63) is 24.2 Å². The lowest BCUT2D eigenvalue weighted by atomic mass is 9.85. The van der Waals surface area contributed by atoms with Gasteiger partial charge in [0, 0.05) is 6.54 Å². The third-order valence-corrected chi connectivity index (χ3v) is 3.64. The Bertz CT molecular complexity index is 521. The second kappa shape index (κ2) is 6.39. The van der Waals surface area contributed by atoms with Gasteiger partial charge in [0.25, 0.3) is 0 Å². The summed E-state index contributed by atoms with van der Waals surface area (Å²) < 4.78 is 11.0. The third kappa shape index (κ3) is 3.79. The topological polar surface area (TPSA) is 97.8 Å². The summed E-state index contributed by atoms with van der Waals surface area (Å²) >= 11 is 0. The number of hydrogen-bond acceptors (Lipinski definition) is 4. The fourth-order valence-electron chi connectivity index (χ4n) is 2.47. The van der Waals surface area contributed by atoms with Gasteiger partial charge in [-0.3, -0.25) is 4.79 Å². The van der Waals surface area contributed by atoms with Gasteiger partial charge in [-0.25, -0.2) is 4.79 Å². The fraction of sp³-hybridized carbons (Fsp3) is 0.600. The molecule has 0 aromatic carbocycles. The molecule has 2 rings (SSSR count). The third-order valence-electron chi connectivity index (χ3n) is 3.64. The molecule has 0 spiro atoms. The molecule has 7 heteroatoms. The van der Waals surface area contributed by atoms with Gasteiger partial charge in [0.2, 0.25) is 5.91 Å². The van der Waals surface area contributed by atoms with Gasteiger partial charge in [0.05, 0.1) is 19.4 Å². The normalized spacial score (nSPS) is 20.5. The first-order valence-corrected chi connectivity index (χ1v) is 7.29. The van der Waals surface area contributed by atoms with E-state index in [4.69, 9.17) is 14.9 Å². The summed E-state index contributed by atoms with van der Waals surface area (Å²) in [6.07, 6.45) is 1.29. The summed E-state index contributed by atoms with van der Waals surface area (Å²) in [5.41, 5.74) is 4.76. The predicted molar refractivity (Wildman–Crippen MR) is 79.9 cm³/mol. The average molecular weight is 309 g/mol. The quantitative estimate of drug-likeness (QED) is 0.878. The van der Waals surface area contributed by atoms with E-state index in [0.717, 1.165) is 0 Å². The van der Waals surface area contributed by atoms with E-state index in [0.29, 0.717) is 25.5 Å². The van der Waals surface area contributed by atoms with Crippen LogP contribution in [0, 0.1) is 5.41 Å². The zero-order chi connectivity index (χ0) is 16.3. The Labute approximate surface area is 129 Å². The van der Waals surface area contributed by atoms with Crippen LogP contribution in [0.3, 0.4) is 0 Å². The number of furan rings is 1. The summed E-state index contributed by atoms with van der Waals surface area (Å²) in [6.45, 7) is 6.94. The van der Waals surface area contributed by atoms with Gasteiger partial charge in [0.1, 0.15) is 17.9 Å². The number of primary amides is 1. The van der Waals surface area contributed by atoms with Crippen LogP contribution in [0.5, 0.6) is 0 Å². The lowest BCUT2D eigenvalue weighted by molar-refractivity contribution is -0.144. The minimum Gasteiger partial charge on any atom is -0.467 e. The van der Waals surface area contributed by atoms with Gasteiger partial charge in [0.15, 0.2) is 0 Å². The average Bonchev–Trinajstić information content (AvgIpc) is 2.97. The van der Waals surface area contributed by atoms with Crippen molar-refractivity contribution in [1.29, 1.82) is 0 Å². The first-order valence-electron chi connectivity index (χ1n) is 7.29. The molecule has 22 heavy (non-hydrogen) atoms. The molecule has 0 aliphatic carbocycles. The number of ether oxygens (including phenoxy) is 1. The van der Waals surface area contributed by atoms with E-state index in [9.17, 15) is 9.59 Å². The molecule has 1 aliphatic heterocycles. The van der Waals surface area contributed by atoms with Crippen LogP contribution in [-0.4, -0.2) is 42.6 Å². The van der Waals surface area contributed by atoms with E-state index in [1.54, 1.807) is 17.2 Å². The highest BCUT2D eigenvalue weighted by molar-refractivity contribution is 5.87. The number of carbonyl (C=O) groups is 2. The van der Waals surface area contributed by atoms with E-state index in [-0.39, 0.29) is 12.0 Å². The van der Waals surface area contributed by atoms with Gasteiger partial charge in [-0.05, 0) is 17.5 Å². The van der Waals surface area contributed by atoms with Crippen LogP contribution in [0.1, 0.15) is 32.6 Å². The van der Waals surface area contributed by atoms with Crippen LogP contribution < -0.4 is 11.1 Å². The largest absolute Gasteiger partial charge is 0.467 e. The standard InChI is InChI=1S/C15H23N3O4/c1-15(2,3)12(17-14(16)20)13(19)18-6-8-22-11(9-18)10-5-4-7-21-10/h4-5,7,11-12H,6,8-9H2,1-3H3,(H3,16,17,20)/t11-,12-/m0/s1. The van der Waals surface area contributed by atoms with E-state index in [1.165, 1.54) is 0 Å². The number of morpholine rings is 1. The molecule has 0 saturated carbocycles. The molecule has 122 valence electrons. The van der Waals surface area contributed by atoms with Crippen LogP contribution in [0.2, 0.25) is 0 Å². The maximum atomic E-state index is 12.8. The van der Waals surface area contributed by atoms with Crippen molar-refractivity contribution in [2.75, 3.05) is 19.7 Å². The first kappa shape index (κ1) is 16.4. The molecule has 3 N–H and O–H groups in total. The molecule has 7 nitrogen and oxygen atoms in total. The highest BCUT2D eigenvalue weighted by Crippen LogP contribution is 2.26. The minimum absolute atomic E-state index is 0.161. The molecule has 1 aliphatic rings. The van der Waals surface area contributed by atoms with Crippen molar-refractivity contribution in [2.45, 2.75) is 32.9 Å². The summed E-state index contributed by atoms with van der Waals surface area (Å²) in [7, 11) is 0. The zero-order valence-electron chi connectivity index (χ0n) is 13.2. The number of nitrogens with two attached hydrogens (primary N) is 1. The Balaban J connectivity index is 2.11. The zero-order valence-corrected chi connectivity index (χ0v) is 13.2. The number of nitrogens with one attached hydrogen (secondary N) is 1. The van der Waals surface area contributed by atoms with Gasteiger partial charge in [-0.1, -0.05) is 20.8 Å². The highest BCUT2D eigenvalue weighted by Gasteiger charge is 2.37. The van der Waals surface area contributed by atoms with Crippen molar-refractivity contribution >= 4 is 11.9 Å². The van der Waals surface area contributed by atoms with Crippen molar-refractivity contribution < 1.29 is 18.7 Å². The summed E-state index contributed by atoms with van der Waals surface area (Å²) in [4.78, 5) is 25.6. The molecule has 0 unspecified atom stereocenters. The maximum absolute atomic E-state index is 12.8. The van der Waals surface area contributed by atoms with Gasteiger partial charge < -0.3 is 25.1 Å². The lowest BCUT2D eigenvalue weighted by Crippen LogP contribution is -2.57. The van der Waals surface area contributed by atoms with Gasteiger partial charge in [-0.15, -0.1) is 0 Å². The van der Waals surface area contributed by atoms with Crippen LogP contribution in [0.4, 0.5) is 4.79 Å². The second-order valence-corrected chi connectivity index (χ2v) is 6.47. The Morgan fingerprint density at radius 2 is 2.18 bits per heavy atom. The lowest BCUT2D eigenvalue weighted by Gasteiger charge is -2.38. The Kier molecular flexibility index (Phi) is 4.75. The predicted octanol–water partition coefficient (Wildman–Crippen LogP) is 1.26. The fourth-order valence-corrected chi connectivity index (χ4v) is 2.47. The molecule has 1 aromatic heterocycles. The van der Waals surface area contributed by atoms with Crippen LogP contribution in [-0.2, 0) is 9.53 Å². The first-order chi connectivity index (χ1) is 10.3. The number of carbonyl (C=O) groups excluding carboxylic acids is 2. The van der Waals surface area contributed by atoms with Crippen LogP contribution in [0.25, 0.3) is 0 Å². The van der Waals surface area contributed by atoms with Gasteiger partial charge >= 0.3 is 6.03 Å². The highest BCUT2D eigenvalue weighted by atomic mass is 16.5. The molecule has 0 bridgehead atoms. The van der Waals surface area contributed by atoms with E-state index in [2.05, 4.69) is 5.32 Å².